The van der Waals surface area contributed by atoms with Gasteiger partial charge in [0.15, 0.2) is 0 Å². The first kappa shape index (κ1) is 15.9. The topological polar surface area (TPSA) is 32.7 Å². The number of halogens is 2. The molecule has 0 saturated carbocycles. The molecule has 1 aromatic rings. The van der Waals surface area contributed by atoms with Crippen molar-refractivity contribution in [2.45, 2.75) is 38.3 Å². The van der Waals surface area contributed by atoms with Crippen LogP contribution >= 0.6 is 23.2 Å². The van der Waals surface area contributed by atoms with Crippen LogP contribution in [0.15, 0.2) is 18.2 Å². The molecule has 0 aromatic heterocycles. The summed E-state index contributed by atoms with van der Waals surface area (Å²) in [7, 11) is 0. The van der Waals surface area contributed by atoms with Crippen LogP contribution in [0.2, 0.25) is 10.0 Å². The van der Waals surface area contributed by atoms with Gasteiger partial charge in [0.1, 0.15) is 18.5 Å². The van der Waals surface area contributed by atoms with Crippen molar-refractivity contribution >= 4 is 23.2 Å². The van der Waals surface area contributed by atoms with Gasteiger partial charge >= 0.3 is 0 Å². The van der Waals surface area contributed by atoms with Crippen LogP contribution < -0.4 is 4.74 Å². The molecule has 112 valence electrons. The highest BCUT2D eigenvalue weighted by atomic mass is 35.5. The van der Waals surface area contributed by atoms with E-state index in [-0.39, 0.29) is 6.61 Å². The first-order valence-electron chi connectivity index (χ1n) is 7.06. The van der Waals surface area contributed by atoms with E-state index in [2.05, 4.69) is 11.8 Å². The second-order valence-corrected chi connectivity index (χ2v) is 6.22. The predicted molar refractivity (Wildman–Crippen MR) is 82.8 cm³/mol. The average Bonchev–Trinajstić information content (AvgIpc) is 2.40. The lowest BCUT2D eigenvalue weighted by molar-refractivity contribution is 0.0438. The number of aliphatic hydroxyl groups excluding tert-OH is 1. The number of piperidine rings is 1. The second-order valence-electron chi connectivity index (χ2n) is 5.38. The Balaban J connectivity index is 1.81. The van der Waals surface area contributed by atoms with E-state index in [0.29, 0.717) is 28.4 Å². The van der Waals surface area contributed by atoms with Gasteiger partial charge in [0, 0.05) is 17.6 Å². The van der Waals surface area contributed by atoms with Crippen molar-refractivity contribution in [2.75, 3.05) is 19.7 Å². The van der Waals surface area contributed by atoms with Crippen LogP contribution in [0.25, 0.3) is 0 Å². The van der Waals surface area contributed by atoms with Crippen LogP contribution in [0.4, 0.5) is 0 Å². The minimum absolute atomic E-state index is 0.241. The molecule has 0 unspecified atom stereocenters. The molecular weight excluding hydrogens is 297 g/mol. The van der Waals surface area contributed by atoms with E-state index < -0.39 is 6.10 Å². The molecule has 2 rings (SSSR count). The zero-order chi connectivity index (χ0) is 14.5. The van der Waals surface area contributed by atoms with Crippen molar-refractivity contribution in [1.82, 2.24) is 4.90 Å². The number of ether oxygens (including phenoxy) is 1. The normalized spacial score (nSPS) is 21.7. The van der Waals surface area contributed by atoms with Gasteiger partial charge in [-0.1, -0.05) is 29.6 Å². The summed E-state index contributed by atoms with van der Waals surface area (Å²) in [5, 5.41) is 11.1. The highest BCUT2D eigenvalue weighted by Gasteiger charge is 2.21. The van der Waals surface area contributed by atoms with Crippen molar-refractivity contribution in [2.24, 2.45) is 0 Å². The van der Waals surface area contributed by atoms with Gasteiger partial charge in [-0.15, -0.1) is 0 Å². The summed E-state index contributed by atoms with van der Waals surface area (Å²) in [6.07, 6.45) is 3.18. The van der Waals surface area contributed by atoms with E-state index in [4.69, 9.17) is 27.9 Å². The largest absolute Gasteiger partial charge is 0.489 e. The summed E-state index contributed by atoms with van der Waals surface area (Å²) < 4.78 is 5.56. The minimum atomic E-state index is -0.512. The molecule has 0 aliphatic carbocycles. The first-order valence-corrected chi connectivity index (χ1v) is 7.82. The van der Waals surface area contributed by atoms with E-state index in [1.54, 1.807) is 18.2 Å². The number of hydrogen-bond donors (Lipinski definition) is 1. The minimum Gasteiger partial charge on any atom is -0.489 e. The molecule has 2 atom stereocenters. The molecule has 1 aliphatic rings. The van der Waals surface area contributed by atoms with E-state index in [0.717, 1.165) is 6.54 Å². The van der Waals surface area contributed by atoms with Crippen LogP contribution in [0, 0.1) is 0 Å². The third-order valence-corrected chi connectivity index (χ3v) is 4.24. The number of benzene rings is 1. The number of nitrogens with zero attached hydrogens (tertiary/aromatic N) is 1. The van der Waals surface area contributed by atoms with E-state index in [1.807, 2.05) is 0 Å². The number of aliphatic hydroxyl groups is 1. The third-order valence-electron chi connectivity index (χ3n) is 3.71. The molecule has 0 spiro atoms. The average molecular weight is 318 g/mol. The molecule has 3 nitrogen and oxygen atoms in total. The summed E-state index contributed by atoms with van der Waals surface area (Å²) in [6.45, 7) is 4.15. The fourth-order valence-corrected chi connectivity index (χ4v) is 2.99. The predicted octanol–water partition coefficient (Wildman–Crippen LogP) is 3.61. The van der Waals surface area contributed by atoms with Crippen molar-refractivity contribution in [1.29, 1.82) is 0 Å². The molecular formula is C15H21Cl2NO2. The SMILES string of the molecule is C[C@@H]1CCCCN1C[C@H](O)COc1ccc(Cl)cc1Cl. The highest BCUT2D eigenvalue weighted by molar-refractivity contribution is 6.35. The molecule has 1 aliphatic heterocycles. The molecule has 1 heterocycles. The quantitative estimate of drug-likeness (QED) is 0.900. The van der Waals surface area contributed by atoms with Gasteiger partial charge in [-0.25, -0.2) is 0 Å². The zero-order valence-corrected chi connectivity index (χ0v) is 13.2. The van der Waals surface area contributed by atoms with Gasteiger partial charge in [-0.2, -0.15) is 0 Å². The maximum absolute atomic E-state index is 10.1. The Morgan fingerprint density at radius 1 is 1.40 bits per heavy atom. The number of likely N-dealkylation sites (tertiary alicyclic amines) is 1. The molecule has 0 amide bonds. The van der Waals surface area contributed by atoms with Gasteiger partial charge in [0.05, 0.1) is 5.02 Å². The van der Waals surface area contributed by atoms with E-state index >= 15 is 0 Å². The van der Waals surface area contributed by atoms with E-state index in [1.165, 1.54) is 19.3 Å². The van der Waals surface area contributed by atoms with Gasteiger partial charge in [-0.05, 0) is 44.5 Å². The summed E-state index contributed by atoms with van der Waals surface area (Å²) in [5.74, 6) is 0.557. The molecule has 0 radical (unpaired) electrons. The Bertz CT molecular complexity index is 442. The molecule has 20 heavy (non-hydrogen) atoms. The van der Waals surface area contributed by atoms with Crippen LogP contribution in [0.3, 0.4) is 0 Å². The molecule has 1 N–H and O–H groups in total. The molecule has 1 saturated heterocycles. The standard InChI is InChI=1S/C15H21Cl2NO2/c1-11-4-2-3-7-18(11)9-13(19)10-20-15-6-5-12(16)8-14(15)17/h5-6,8,11,13,19H,2-4,7,9-10H2,1H3/t11-,13+/m1/s1. The number of rotatable bonds is 5. The first-order chi connectivity index (χ1) is 9.56. The van der Waals surface area contributed by atoms with Gasteiger partial charge in [-0.3, -0.25) is 4.90 Å². The fraction of sp³-hybridized carbons (Fsp3) is 0.600. The van der Waals surface area contributed by atoms with E-state index in [9.17, 15) is 5.11 Å². The van der Waals surface area contributed by atoms with Crippen molar-refractivity contribution in [3.05, 3.63) is 28.2 Å². The van der Waals surface area contributed by atoms with Gasteiger partial charge in [0.2, 0.25) is 0 Å². The number of β-amino-alcohol motifs (C(OH)–C–C–N with tert-alkyl or cyclic N) is 1. The Kier molecular flexibility index (Phi) is 5.97. The molecule has 1 fully saturated rings. The Labute approximate surface area is 130 Å². The van der Waals surface area contributed by atoms with Crippen LogP contribution in [-0.4, -0.2) is 41.8 Å². The second kappa shape index (κ2) is 7.51. The molecule has 1 aromatic carbocycles. The third kappa shape index (κ3) is 4.52. The van der Waals surface area contributed by atoms with Crippen LogP contribution in [0.1, 0.15) is 26.2 Å². The van der Waals surface area contributed by atoms with Crippen molar-refractivity contribution in [3.8, 4) is 5.75 Å². The summed E-state index contributed by atoms with van der Waals surface area (Å²) in [5.41, 5.74) is 0. The maximum atomic E-state index is 10.1. The molecule has 5 heteroatoms. The van der Waals surface area contributed by atoms with Crippen molar-refractivity contribution in [3.63, 3.8) is 0 Å². The Morgan fingerprint density at radius 2 is 2.20 bits per heavy atom. The monoisotopic (exact) mass is 317 g/mol. The highest BCUT2D eigenvalue weighted by Crippen LogP contribution is 2.27. The Morgan fingerprint density at radius 3 is 2.90 bits per heavy atom. The lowest BCUT2D eigenvalue weighted by Crippen LogP contribution is -2.43. The summed E-state index contributed by atoms with van der Waals surface area (Å²) in [4.78, 5) is 2.32. The maximum Gasteiger partial charge on any atom is 0.138 e. The Hall–Kier alpha value is -0.480. The fourth-order valence-electron chi connectivity index (χ4n) is 2.53. The van der Waals surface area contributed by atoms with Crippen LogP contribution in [-0.2, 0) is 0 Å². The lowest BCUT2D eigenvalue weighted by Gasteiger charge is -2.34. The molecule has 0 bridgehead atoms. The smallest absolute Gasteiger partial charge is 0.138 e. The van der Waals surface area contributed by atoms with Crippen LogP contribution in [0.5, 0.6) is 5.75 Å². The van der Waals surface area contributed by atoms with Gasteiger partial charge < -0.3 is 9.84 Å². The zero-order valence-electron chi connectivity index (χ0n) is 11.7. The number of hydrogen-bond acceptors (Lipinski definition) is 3. The van der Waals surface area contributed by atoms with Gasteiger partial charge in [0.25, 0.3) is 0 Å². The lowest BCUT2D eigenvalue weighted by atomic mass is 10.0. The summed E-state index contributed by atoms with van der Waals surface area (Å²) in [6, 6.07) is 5.62. The van der Waals surface area contributed by atoms with Crippen molar-refractivity contribution < 1.29 is 9.84 Å². The summed E-state index contributed by atoms with van der Waals surface area (Å²) >= 11 is 11.9.